The maximum Gasteiger partial charge on any atom is 0.243 e. The van der Waals surface area contributed by atoms with E-state index >= 15 is 0 Å². The molecule has 0 spiro atoms. The van der Waals surface area contributed by atoms with Crippen LogP contribution in [-0.4, -0.2) is 38.8 Å². The predicted molar refractivity (Wildman–Crippen MR) is 122 cm³/mol. The summed E-state index contributed by atoms with van der Waals surface area (Å²) in [5, 5.41) is 2.97. The number of methoxy groups -OCH3 is 1. The third kappa shape index (κ3) is 4.77. The van der Waals surface area contributed by atoms with Gasteiger partial charge in [0.2, 0.25) is 15.9 Å². The van der Waals surface area contributed by atoms with E-state index < -0.39 is 10.0 Å². The molecule has 1 fully saturated rings. The molecule has 6 nitrogen and oxygen atoms in total. The number of nitrogens with zero attached hydrogens (tertiary/aromatic N) is 1. The van der Waals surface area contributed by atoms with E-state index in [4.69, 9.17) is 4.74 Å². The first kappa shape index (κ1) is 23.3. The van der Waals surface area contributed by atoms with E-state index in [1.54, 1.807) is 7.11 Å². The maximum absolute atomic E-state index is 13.4. The van der Waals surface area contributed by atoms with Crippen LogP contribution in [0.25, 0.3) is 0 Å². The first-order valence-corrected chi connectivity index (χ1v) is 12.1. The van der Waals surface area contributed by atoms with Gasteiger partial charge in [0.25, 0.3) is 0 Å². The van der Waals surface area contributed by atoms with Crippen molar-refractivity contribution in [2.24, 2.45) is 5.92 Å². The summed E-state index contributed by atoms with van der Waals surface area (Å²) in [5.41, 5.74) is 4.48. The summed E-state index contributed by atoms with van der Waals surface area (Å²) in [6, 6.07) is 9.61. The molecular formula is C24H32N2O4S. The molecule has 0 atom stereocenters. The number of sulfonamides is 1. The monoisotopic (exact) mass is 444 g/mol. The van der Waals surface area contributed by atoms with Crippen molar-refractivity contribution in [2.45, 2.75) is 52.0 Å². The average Bonchev–Trinajstić information content (AvgIpc) is 2.76. The Bertz CT molecular complexity index is 1040. The molecular weight excluding hydrogens is 412 g/mol. The quantitative estimate of drug-likeness (QED) is 0.738. The molecule has 0 saturated carbocycles. The van der Waals surface area contributed by atoms with E-state index in [0.717, 1.165) is 33.6 Å². The largest absolute Gasteiger partial charge is 0.496 e. The summed E-state index contributed by atoms with van der Waals surface area (Å²) >= 11 is 0. The Hall–Kier alpha value is -2.38. The van der Waals surface area contributed by atoms with Gasteiger partial charge in [-0.3, -0.25) is 4.79 Å². The second-order valence-corrected chi connectivity index (χ2v) is 10.2. The van der Waals surface area contributed by atoms with E-state index in [-0.39, 0.29) is 11.8 Å². The highest BCUT2D eigenvalue weighted by Gasteiger charge is 2.34. The van der Waals surface area contributed by atoms with Gasteiger partial charge in [0, 0.05) is 31.1 Å². The Kier molecular flexibility index (Phi) is 7.06. The highest BCUT2D eigenvalue weighted by Crippen LogP contribution is 2.31. The number of benzene rings is 2. The van der Waals surface area contributed by atoms with Crippen molar-refractivity contribution in [2.75, 3.05) is 20.2 Å². The molecule has 1 aliphatic rings. The van der Waals surface area contributed by atoms with Crippen molar-refractivity contribution >= 4 is 15.9 Å². The first-order valence-electron chi connectivity index (χ1n) is 10.6. The fraction of sp³-hybridized carbons (Fsp3) is 0.458. The Balaban J connectivity index is 1.66. The highest BCUT2D eigenvalue weighted by atomic mass is 32.2. The number of aryl methyl sites for hydroxylation is 2. The SMILES string of the molecule is COc1ccccc1CNC(=O)C1CCN(S(=O)(=O)c2c(C)c(C)cc(C)c2C)CC1. The molecule has 1 aliphatic heterocycles. The number of ether oxygens (including phenoxy) is 1. The lowest BCUT2D eigenvalue weighted by atomic mass is 9.97. The number of para-hydroxylation sites is 1. The average molecular weight is 445 g/mol. The van der Waals surface area contributed by atoms with Crippen LogP contribution in [0.15, 0.2) is 35.2 Å². The number of nitrogens with one attached hydrogen (secondary N) is 1. The summed E-state index contributed by atoms with van der Waals surface area (Å²) in [7, 11) is -1.99. The summed E-state index contributed by atoms with van der Waals surface area (Å²) in [6.45, 7) is 8.71. The fourth-order valence-electron chi connectivity index (χ4n) is 4.23. The Morgan fingerprint density at radius 3 is 2.23 bits per heavy atom. The third-order valence-corrected chi connectivity index (χ3v) is 8.54. The molecule has 0 radical (unpaired) electrons. The van der Waals surface area contributed by atoms with Crippen LogP contribution in [0.3, 0.4) is 0 Å². The predicted octanol–water partition coefficient (Wildman–Crippen LogP) is 3.65. The Morgan fingerprint density at radius 2 is 1.65 bits per heavy atom. The van der Waals surface area contributed by atoms with Crippen molar-refractivity contribution in [1.29, 1.82) is 0 Å². The van der Waals surface area contributed by atoms with E-state index in [9.17, 15) is 13.2 Å². The molecule has 31 heavy (non-hydrogen) atoms. The molecule has 168 valence electrons. The van der Waals surface area contributed by atoms with Crippen molar-refractivity contribution in [1.82, 2.24) is 9.62 Å². The lowest BCUT2D eigenvalue weighted by Crippen LogP contribution is -2.43. The molecule has 1 heterocycles. The molecule has 7 heteroatoms. The van der Waals surface area contributed by atoms with Gasteiger partial charge in [-0.2, -0.15) is 4.31 Å². The highest BCUT2D eigenvalue weighted by molar-refractivity contribution is 7.89. The second-order valence-electron chi connectivity index (χ2n) is 8.30. The van der Waals surface area contributed by atoms with E-state index in [0.29, 0.717) is 37.4 Å². The van der Waals surface area contributed by atoms with Crippen LogP contribution in [-0.2, 0) is 21.4 Å². The van der Waals surface area contributed by atoms with Gasteiger partial charge >= 0.3 is 0 Å². The van der Waals surface area contributed by atoms with Crippen LogP contribution in [0.5, 0.6) is 5.75 Å². The normalized spacial score (nSPS) is 15.6. The van der Waals surface area contributed by atoms with Gasteiger partial charge in [-0.05, 0) is 68.9 Å². The topological polar surface area (TPSA) is 75.7 Å². The summed E-state index contributed by atoms with van der Waals surface area (Å²) in [5.74, 6) is 0.507. The van der Waals surface area contributed by atoms with Gasteiger partial charge in [0.1, 0.15) is 5.75 Å². The van der Waals surface area contributed by atoms with Crippen LogP contribution >= 0.6 is 0 Å². The number of hydrogen-bond acceptors (Lipinski definition) is 4. The molecule has 1 amide bonds. The van der Waals surface area contributed by atoms with Crippen LogP contribution < -0.4 is 10.1 Å². The third-order valence-electron chi connectivity index (χ3n) is 6.37. The molecule has 2 aromatic rings. The van der Waals surface area contributed by atoms with Gasteiger partial charge in [-0.15, -0.1) is 0 Å². The lowest BCUT2D eigenvalue weighted by molar-refractivity contribution is -0.126. The smallest absolute Gasteiger partial charge is 0.243 e. The van der Waals surface area contributed by atoms with Crippen LogP contribution in [0.4, 0.5) is 0 Å². The van der Waals surface area contributed by atoms with Gasteiger partial charge in [0.15, 0.2) is 0 Å². The van der Waals surface area contributed by atoms with E-state index in [1.165, 1.54) is 4.31 Å². The summed E-state index contributed by atoms with van der Waals surface area (Å²) < 4.78 is 33.7. The van der Waals surface area contributed by atoms with Crippen molar-refractivity contribution in [3.63, 3.8) is 0 Å². The molecule has 1 saturated heterocycles. The first-order chi connectivity index (χ1) is 14.7. The van der Waals surface area contributed by atoms with Crippen molar-refractivity contribution < 1.29 is 17.9 Å². The lowest BCUT2D eigenvalue weighted by Gasteiger charge is -2.32. The minimum atomic E-state index is -3.60. The fourth-order valence-corrected chi connectivity index (χ4v) is 6.28. The Labute approximate surface area is 185 Å². The molecule has 0 aromatic heterocycles. The number of carbonyl (C=O) groups excluding carboxylic acids is 1. The number of hydrogen-bond donors (Lipinski definition) is 1. The van der Waals surface area contributed by atoms with Gasteiger partial charge in [0.05, 0.1) is 12.0 Å². The molecule has 3 rings (SSSR count). The number of amides is 1. The molecule has 0 bridgehead atoms. The van der Waals surface area contributed by atoms with Crippen LogP contribution in [0, 0.1) is 33.6 Å². The molecule has 2 aromatic carbocycles. The van der Waals surface area contributed by atoms with Crippen LogP contribution in [0.1, 0.15) is 40.7 Å². The van der Waals surface area contributed by atoms with Gasteiger partial charge < -0.3 is 10.1 Å². The molecule has 0 unspecified atom stereocenters. The second kappa shape index (κ2) is 9.40. The number of piperidine rings is 1. The standard InChI is InChI=1S/C24H32N2O4S/c1-16-14-17(2)19(4)23(18(16)3)31(28,29)26-12-10-20(11-13-26)24(27)25-15-21-8-6-7-9-22(21)30-5/h6-9,14,20H,10-13,15H2,1-5H3,(H,25,27). The molecule has 0 aliphatic carbocycles. The summed E-state index contributed by atoms with van der Waals surface area (Å²) in [6.07, 6.45) is 1.03. The van der Waals surface area contributed by atoms with Gasteiger partial charge in [-0.1, -0.05) is 24.3 Å². The van der Waals surface area contributed by atoms with Gasteiger partial charge in [-0.25, -0.2) is 8.42 Å². The zero-order valence-electron chi connectivity index (χ0n) is 19.0. The van der Waals surface area contributed by atoms with Crippen molar-refractivity contribution in [3.8, 4) is 5.75 Å². The Morgan fingerprint density at radius 1 is 1.06 bits per heavy atom. The zero-order chi connectivity index (χ0) is 22.8. The maximum atomic E-state index is 13.4. The molecule has 1 N–H and O–H groups in total. The van der Waals surface area contributed by atoms with E-state index in [1.807, 2.05) is 58.0 Å². The van der Waals surface area contributed by atoms with E-state index in [2.05, 4.69) is 5.32 Å². The van der Waals surface area contributed by atoms with Crippen molar-refractivity contribution in [3.05, 3.63) is 58.1 Å². The summed E-state index contributed by atoms with van der Waals surface area (Å²) in [4.78, 5) is 13.1. The minimum Gasteiger partial charge on any atom is -0.496 e. The van der Waals surface area contributed by atoms with Crippen LogP contribution in [0.2, 0.25) is 0 Å². The number of carbonyl (C=O) groups is 1. The number of rotatable bonds is 6. The zero-order valence-corrected chi connectivity index (χ0v) is 19.8. The minimum absolute atomic E-state index is 0.0401.